The van der Waals surface area contributed by atoms with Gasteiger partial charge in [-0.1, -0.05) is 0 Å². The molecule has 1 atom stereocenters. The van der Waals surface area contributed by atoms with Crippen LogP contribution in [0.3, 0.4) is 0 Å². The number of fused-ring (bicyclic) bond motifs is 1. The SMILES string of the molecule is CSCCNC(=O)c1cc(-c2ccc([S+](C)(=O)[O-])cc2)c2cccn2n1. The number of benzene rings is 1. The van der Waals surface area contributed by atoms with E-state index in [2.05, 4.69) is 10.4 Å². The molecule has 3 rings (SSSR count). The second-order valence-electron chi connectivity index (χ2n) is 5.83. The Labute approximate surface area is 157 Å². The third-order valence-corrected chi connectivity index (χ3v) is 5.66. The van der Waals surface area contributed by atoms with Gasteiger partial charge in [0.05, 0.1) is 15.7 Å². The van der Waals surface area contributed by atoms with Crippen molar-refractivity contribution >= 4 is 33.4 Å². The smallest absolute Gasteiger partial charge is 0.271 e. The molecule has 6 nitrogen and oxygen atoms in total. The third kappa shape index (κ3) is 3.98. The van der Waals surface area contributed by atoms with Crippen LogP contribution in [-0.4, -0.2) is 44.9 Å². The number of carbonyl (C=O) groups excluding carboxylic acids is 1. The number of amides is 1. The molecule has 1 amide bonds. The number of rotatable bonds is 6. The highest BCUT2D eigenvalue weighted by molar-refractivity contribution is 7.98. The highest BCUT2D eigenvalue weighted by Crippen LogP contribution is 2.27. The molecular weight excluding hydrogens is 370 g/mol. The first-order valence-electron chi connectivity index (χ1n) is 7.96. The molecule has 0 aliphatic heterocycles. The van der Waals surface area contributed by atoms with E-state index < -0.39 is 10.2 Å². The number of nitrogens with one attached hydrogen (secondary N) is 1. The number of aromatic nitrogens is 2. The first-order valence-corrected chi connectivity index (χ1v) is 11.2. The summed E-state index contributed by atoms with van der Waals surface area (Å²) >= 11 is 1.66. The van der Waals surface area contributed by atoms with E-state index in [-0.39, 0.29) is 10.8 Å². The highest BCUT2D eigenvalue weighted by Gasteiger charge is 2.15. The maximum absolute atomic E-state index is 12.4. The van der Waals surface area contributed by atoms with Gasteiger partial charge in [0.1, 0.15) is 11.9 Å². The Balaban J connectivity index is 2.01. The van der Waals surface area contributed by atoms with E-state index in [1.54, 1.807) is 52.8 Å². The molecule has 0 aliphatic carbocycles. The zero-order valence-electron chi connectivity index (χ0n) is 14.5. The Hall–Kier alpha value is -2.16. The molecule has 8 heteroatoms. The van der Waals surface area contributed by atoms with Gasteiger partial charge in [-0.05, 0) is 54.3 Å². The molecule has 0 radical (unpaired) electrons. The van der Waals surface area contributed by atoms with Crippen LogP contribution in [0.5, 0.6) is 0 Å². The van der Waals surface area contributed by atoms with Crippen molar-refractivity contribution in [2.75, 3.05) is 24.8 Å². The van der Waals surface area contributed by atoms with Crippen LogP contribution in [0.1, 0.15) is 10.5 Å². The van der Waals surface area contributed by atoms with E-state index in [1.165, 1.54) is 6.26 Å². The molecule has 2 aromatic heterocycles. The molecule has 26 heavy (non-hydrogen) atoms. The van der Waals surface area contributed by atoms with E-state index in [0.29, 0.717) is 12.2 Å². The predicted octanol–water partition coefficient (Wildman–Crippen LogP) is 2.71. The summed E-state index contributed by atoms with van der Waals surface area (Å²) in [7, 11) is -3.25. The second-order valence-corrected chi connectivity index (χ2v) is 8.83. The van der Waals surface area contributed by atoms with Crippen LogP contribution in [0.2, 0.25) is 0 Å². The lowest BCUT2D eigenvalue weighted by molar-refractivity contribution is 0.0950. The van der Waals surface area contributed by atoms with Gasteiger partial charge in [0, 0.05) is 24.1 Å². The van der Waals surface area contributed by atoms with E-state index in [4.69, 9.17) is 0 Å². The van der Waals surface area contributed by atoms with Crippen molar-refractivity contribution in [2.24, 2.45) is 0 Å². The lowest BCUT2D eigenvalue weighted by Crippen LogP contribution is -2.27. The fraction of sp³-hybridized carbons (Fsp3) is 0.222. The first kappa shape index (κ1) is 18.6. The summed E-state index contributed by atoms with van der Waals surface area (Å²) < 4.78 is 25.0. The average Bonchev–Trinajstić information content (AvgIpc) is 3.09. The van der Waals surface area contributed by atoms with Gasteiger partial charge < -0.3 is 9.87 Å². The number of thioether (sulfide) groups is 1. The van der Waals surface area contributed by atoms with Crippen molar-refractivity contribution in [1.82, 2.24) is 14.9 Å². The normalized spacial score (nSPS) is 13.5. The molecule has 0 saturated carbocycles. The molecule has 3 aromatic rings. The minimum absolute atomic E-state index is 0.233. The number of hydrogen-bond acceptors (Lipinski definition) is 5. The van der Waals surface area contributed by atoms with Crippen LogP contribution >= 0.6 is 11.8 Å². The number of sulfone groups is 1. The Bertz CT molecular complexity index is 977. The van der Waals surface area contributed by atoms with Crippen LogP contribution in [0, 0.1) is 0 Å². The van der Waals surface area contributed by atoms with Crippen molar-refractivity contribution in [1.29, 1.82) is 0 Å². The summed E-state index contributed by atoms with van der Waals surface area (Å²) in [6, 6.07) is 12.1. The van der Waals surface area contributed by atoms with Crippen LogP contribution in [0.25, 0.3) is 16.6 Å². The van der Waals surface area contributed by atoms with Gasteiger partial charge in [-0.3, -0.25) is 4.79 Å². The zero-order chi connectivity index (χ0) is 18.7. The minimum Gasteiger partial charge on any atom is -0.610 e. The van der Waals surface area contributed by atoms with Gasteiger partial charge in [-0.25, -0.2) is 4.52 Å². The average molecular weight is 390 g/mol. The first-order chi connectivity index (χ1) is 12.4. The maximum Gasteiger partial charge on any atom is 0.271 e. The summed E-state index contributed by atoms with van der Waals surface area (Å²) in [5.74, 6) is 0.598. The molecule has 0 saturated heterocycles. The van der Waals surface area contributed by atoms with Gasteiger partial charge in [-0.2, -0.15) is 16.9 Å². The predicted molar refractivity (Wildman–Crippen MR) is 104 cm³/mol. The quantitative estimate of drug-likeness (QED) is 0.517. The van der Waals surface area contributed by atoms with E-state index in [9.17, 15) is 13.6 Å². The van der Waals surface area contributed by atoms with Crippen LogP contribution in [-0.2, 0) is 14.4 Å². The summed E-state index contributed by atoms with van der Waals surface area (Å²) in [5.41, 5.74) is 2.80. The Morgan fingerprint density at radius 2 is 2.04 bits per heavy atom. The van der Waals surface area contributed by atoms with Crippen molar-refractivity contribution in [2.45, 2.75) is 4.90 Å². The Morgan fingerprint density at radius 1 is 1.31 bits per heavy atom. The third-order valence-electron chi connectivity index (χ3n) is 3.92. The molecule has 1 N–H and O–H groups in total. The molecule has 1 unspecified atom stereocenters. The lowest BCUT2D eigenvalue weighted by atomic mass is 10.1. The van der Waals surface area contributed by atoms with Crippen LogP contribution in [0.4, 0.5) is 0 Å². The fourth-order valence-corrected chi connectivity index (χ4v) is 3.55. The Morgan fingerprint density at radius 3 is 2.69 bits per heavy atom. The lowest BCUT2D eigenvalue weighted by Gasteiger charge is -2.11. The van der Waals surface area contributed by atoms with E-state index in [1.807, 2.05) is 18.4 Å². The second kappa shape index (κ2) is 7.61. The van der Waals surface area contributed by atoms with Gasteiger partial charge in [0.15, 0.2) is 4.90 Å². The van der Waals surface area contributed by atoms with Gasteiger partial charge in [-0.15, -0.1) is 4.21 Å². The monoisotopic (exact) mass is 389 g/mol. The van der Waals surface area contributed by atoms with Crippen molar-refractivity contribution in [3.8, 4) is 11.1 Å². The topological polar surface area (TPSA) is 86.5 Å². The van der Waals surface area contributed by atoms with Gasteiger partial charge in [0.25, 0.3) is 5.91 Å². The zero-order valence-corrected chi connectivity index (χ0v) is 16.1. The molecular formula is C18H19N3O3S2. The molecule has 0 aliphatic rings. The molecule has 0 spiro atoms. The van der Waals surface area contributed by atoms with Gasteiger partial charge >= 0.3 is 0 Å². The molecule has 0 fully saturated rings. The van der Waals surface area contributed by atoms with Crippen molar-refractivity contribution < 1.29 is 13.6 Å². The van der Waals surface area contributed by atoms with Crippen LogP contribution < -0.4 is 5.32 Å². The summed E-state index contributed by atoms with van der Waals surface area (Å²) in [5, 5.41) is 7.21. The number of nitrogens with zero attached hydrogens (tertiary/aromatic N) is 2. The summed E-state index contributed by atoms with van der Waals surface area (Å²) in [4.78, 5) is 12.6. The molecule has 1 aromatic carbocycles. The van der Waals surface area contributed by atoms with E-state index in [0.717, 1.165) is 22.4 Å². The summed E-state index contributed by atoms with van der Waals surface area (Å²) in [6.45, 7) is 0.573. The van der Waals surface area contributed by atoms with E-state index >= 15 is 0 Å². The largest absolute Gasteiger partial charge is 0.610 e. The molecule has 136 valence electrons. The number of carbonyl (C=O) groups is 1. The minimum atomic E-state index is -3.25. The van der Waals surface area contributed by atoms with Crippen molar-refractivity contribution in [3.63, 3.8) is 0 Å². The number of hydrogen-bond donors (Lipinski definition) is 1. The van der Waals surface area contributed by atoms with Crippen LogP contribution in [0.15, 0.2) is 53.6 Å². The Kier molecular flexibility index (Phi) is 5.45. The standard InChI is InChI=1S/C18H19N3O3S2/c1-25-11-9-19-18(22)16-12-15(17-4-3-10-21(17)20-16)13-5-7-14(8-6-13)26(2,23)24/h3-8,10,12H,9,11H2,1-2H3,(H-,19,22,23,24). The molecule has 2 heterocycles. The maximum atomic E-state index is 12.4. The highest BCUT2D eigenvalue weighted by atomic mass is 32.3. The van der Waals surface area contributed by atoms with Gasteiger partial charge in [0.2, 0.25) is 0 Å². The fourth-order valence-electron chi connectivity index (χ4n) is 2.61. The molecule has 0 bridgehead atoms. The van der Waals surface area contributed by atoms with Crippen molar-refractivity contribution in [3.05, 3.63) is 54.4 Å². The summed E-state index contributed by atoms with van der Waals surface area (Å²) in [6.07, 6.45) is 4.94.